The first kappa shape index (κ1) is 23.4. The number of halogens is 2. The maximum Gasteiger partial charge on any atom is 0.141 e. The SMILES string of the molecule is N#CCC1(n2cc(-c3ncnc4[nH]ccc34)cn2)CN(C2CCN(Cc3cc(Cl)cc(Cl)c3)CC2)C1. The molecule has 6 rings (SSSR count). The standard InChI is InChI=1S/C26H26Cl2N8/c27-20-9-18(10-21(28)11-20)13-34-7-2-22(3-8-34)35-15-26(16-35,4-5-29)36-14-19(12-33-36)24-23-1-6-30-25(23)32-17-31-24/h1,6,9-12,14,17,22H,2-4,7-8,13,15-16H2,(H,30,31,32). The number of likely N-dealkylation sites (tertiary alicyclic amines) is 2. The highest BCUT2D eigenvalue weighted by Crippen LogP contribution is 2.37. The molecule has 1 N–H and O–H groups in total. The number of H-pyrrole nitrogens is 1. The minimum Gasteiger partial charge on any atom is -0.346 e. The van der Waals surface area contributed by atoms with Crippen molar-refractivity contribution in [3.05, 3.63) is 64.8 Å². The van der Waals surface area contributed by atoms with Gasteiger partial charge in [-0.2, -0.15) is 10.4 Å². The van der Waals surface area contributed by atoms with E-state index in [1.54, 1.807) is 12.4 Å². The van der Waals surface area contributed by atoms with E-state index in [2.05, 4.69) is 35.9 Å². The van der Waals surface area contributed by atoms with Crippen molar-refractivity contribution in [2.75, 3.05) is 26.2 Å². The van der Waals surface area contributed by atoms with Crippen LogP contribution in [0.15, 0.2) is 49.2 Å². The monoisotopic (exact) mass is 520 g/mol. The third-order valence-corrected chi connectivity index (χ3v) is 7.94. The maximum atomic E-state index is 9.62. The number of rotatable bonds is 6. The molecule has 184 valence electrons. The second kappa shape index (κ2) is 9.49. The lowest BCUT2D eigenvalue weighted by atomic mass is 9.83. The smallest absolute Gasteiger partial charge is 0.141 e. The highest BCUT2D eigenvalue weighted by Gasteiger charge is 2.48. The normalized spacial score (nSPS) is 18.8. The van der Waals surface area contributed by atoms with Gasteiger partial charge in [-0.3, -0.25) is 14.5 Å². The van der Waals surface area contributed by atoms with E-state index in [0.717, 1.165) is 73.4 Å². The van der Waals surface area contributed by atoms with Crippen LogP contribution in [-0.2, 0) is 12.1 Å². The quantitative estimate of drug-likeness (QED) is 0.395. The van der Waals surface area contributed by atoms with Gasteiger partial charge in [-0.05, 0) is 55.8 Å². The molecule has 4 aromatic rings. The van der Waals surface area contributed by atoms with Gasteiger partial charge in [0.25, 0.3) is 0 Å². The van der Waals surface area contributed by atoms with Crippen molar-refractivity contribution in [3.63, 3.8) is 0 Å². The minimum atomic E-state index is -0.300. The predicted octanol–water partition coefficient (Wildman–Crippen LogP) is 4.72. The molecule has 1 aromatic carbocycles. The molecule has 0 spiro atoms. The minimum absolute atomic E-state index is 0.300. The number of piperidine rings is 1. The van der Waals surface area contributed by atoms with Crippen LogP contribution < -0.4 is 0 Å². The van der Waals surface area contributed by atoms with Crippen molar-refractivity contribution < 1.29 is 0 Å². The zero-order valence-electron chi connectivity index (χ0n) is 19.7. The third kappa shape index (κ3) is 4.37. The summed E-state index contributed by atoms with van der Waals surface area (Å²) in [7, 11) is 0. The first-order chi connectivity index (χ1) is 17.5. The summed E-state index contributed by atoms with van der Waals surface area (Å²) >= 11 is 12.3. The number of hydrogen-bond acceptors (Lipinski definition) is 6. The zero-order valence-corrected chi connectivity index (χ0v) is 21.3. The molecule has 0 radical (unpaired) electrons. The van der Waals surface area contributed by atoms with Crippen LogP contribution in [0.25, 0.3) is 22.3 Å². The first-order valence-corrected chi connectivity index (χ1v) is 12.9. The fraction of sp³-hybridized carbons (Fsp3) is 0.385. The lowest BCUT2D eigenvalue weighted by Crippen LogP contribution is -2.66. The average Bonchev–Trinajstić information content (AvgIpc) is 3.51. The Hall–Kier alpha value is -2.96. The molecule has 0 amide bonds. The van der Waals surface area contributed by atoms with Gasteiger partial charge >= 0.3 is 0 Å². The lowest BCUT2D eigenvalue weighted by molar-refractivity contribution is -0.0436. The highest BCUT2D eigenvalue weighted by atomic mass is 35.5. The largest absolute Gasteiger partial charge is 0.346 e. The van der Waals surface area contributed by atoms with Crippen LogP contribution in [0.3, 0.4) is 0 Å². The maximum absolute atomic E-state index is 9.62. The molecule has 2 fully saturated rings. The van der Waals surface area contributed by atoms with Crippen LogP contribution in [0.5, 0.6) is 0 Å². The molecule has 36 heavy (non-hydrogen) atoms. The van der Waals surface area contributed by atoms with Crippen LogP contribution in [0, 0.1) is 11.3 Å². The Bertz CT molecular complexity index is 1400. The first-order valence-electron chi connectivity index (χ1n) is 12.1. The molecule has 2 aliphatic rings. The van der Waals surface area contributed by atoms with Crippen LogP contribution in [0.1, 0.15) is 24.8 Å². The van der Waals surface area contributed by atoms with Gasteiger partial charge in [0.1, 0.15) is 17.5 Å². The highest BCUT2D eigenvalue weighted by molar-refractivity contribution is 6.34. The van der Waals surface area contributed by atoms with E-state index in [0.29, 0.717) is 22.5 Å². The van der Waals surface area contributed by atoms with E-state index >= 15 is 0 Å². The van der Waals surface area contributed by atoms with Gasteiger partial charge in [0.15, 0.2) is 0 Å². The number of nitrogens with zero attached hydrogens (tertiary/aromatic N) is 7. The third-order valence-electron chi connectivity index (χ3n) is 7.50. The summed E-state index contributed by atoms with van der Waals surface area (Å²) in [5, 5.41) is 16.6. The van der Waals surface area contributed by atoms with E-state index in [9.17, 15) is 5.26 Å². The number of nitriles is 1. The van der Waals surface area contributed by atoms with Crippen molar-refractivity contribution in [1.29, 1.82) is 5.26 Å². The van der Waals surface area contributed by atoms with E-state index in [1.807, 2.05) is 41.5 Å². The molecule has 10 heteroatoms. The molecule has 2 saturated heterocycles. The molecular formula is C26H26Cl2N8. The van der Waals surface area contributed by atoms with Crippen molar-refractivity contribution >= 4 is 34.2 Å². The van der Waals surface area contributed by atoms with E-state index in [4.69, 9.17) is 23.2 Å². The van der Waals surface area contributed by atoms with Crippen molar-refractivity contribution in [3.8, 4) is 17.3 Å². The van der Waals surface area contributed by atoms with Gasteiger partial charge in [-0.15, -0.1) is 0 Å². The Morgan fingerprint density at radius 1 is 1.11 bits per heavy atom. The fourth-order valence-corrected chi connectivity index (χ4v) is 6.23. The fourth-order valence-electron chi connectivity index (χ4n) is 5.66. The number of aromatic amines is 1. The molecule has 5 heterocycles. The summed E-state index contributed by atoms with van der Waals surface area (Å²) in [6, 6.07) is 10.7. The molecule has 3 aromatic heterocycles. The van der Waals surface area contributed by atoms with Crippen LogP contribution in [0.2, 0.25) is 10.0 Å². The van der Waals surface area contributed by atoms with Gasteiger partial charge in [-0.1, -0.05) is 23.2 Å². The summed E-state index contributed by atoms with van der Waals surface area (Å²) in [5.74, 6) is 0. The van der Waals surface area contributed by atoms with Gasteiger partial charge in [0, 0.05) is 59.1 Å². The number of hydrogen-bond donors (Lipinski definition) is 1. The Balaban J connectivity index is 1.11. The van der Waals surface area contributed by atoms with E-state index in [-0.39, 0.29) is 5.54 Å². The van der Waals surface area contributed by atoms with Gasteiger partial charge in [-0.25, -0.2) is 9.97 Å². The summed E-state index contributed by atoms with van der Waals surface area (Å²) in [6.45, 7) is 4.59. The van der Waals surface area contributed by atoms with Gasteiger partial charge in [0.2, 0.25) is 0 Å². The molecule has 0 atom stereocenters. The Labute approximate surface area is 219 Å². The van der Waals surface area contributed by atoms with Gasteiger partial charge < -0.3 is 4.98 Å². The summed E-state index contributed by atoms with van der Waals surface area (Å²) in [5.41, 5.74) is 3.44. The van der Waals surface area contributed by atoms with Crippen molar-refractivity contribution in [1.82, 2.24) is 34.5 Å². The summed E-state index contributed by atoms with van der Waals surface area (Å²) < 4.78 is 1.99. The second-order valence-corrected chi connectivity index (χ2v) is 10.8. The Kier molecular flexibility index (Phi) is 6.18. The number of nitrogens with one attached hydrogen (secondary N) is 1. The predicted molar refractivity (Wildman–Crippen MR) is 140 cm³/mol. The Morgan fingerprint density at radius 2 is 1.89 bits per heavy atom. The molecule has 0 saturated carbocycles. The summed E-state index contributed by atoms with van der Waals surface area (Å²) in [4.78, 5) is 16.9. The topological polar surface area (TPSA) is 89.7 Å². The second-order valence-electron chi connectivity index (χ2n) is 9.89. The molecule has 0 unspecified atom stereocenters. The van der Waals surface area contributed by atoms with Crippen LogP contribution in [-0.4, -0.2) is 66.8 Å². The number of benzene rings is 1. The van der Waals surface area contributed by atoms with Crippen molar-refractivity contribution in [2.24, 2.45) is 0 Å². The van der Waals surface area contributed by atoms with E-state index < -0.39 is 0 Å². The van der Waals surface area contributed by atoms with Crippen LogP contribution >= 0.6 is 23.2 Å². The zero-order chi connectivity index (χ0) is 24.7. The van der Waals surface area contributed by atoms with Crippen LogP contribution in [0.4, 0.5) is 0 Å². The summed E-state index contributed by atoms with van der Waals surface area (Å²) in [6.07, 6.45) is 9.95. The molecule has 0 aliphatic carbocycles. The molecular weight excluding hydrogens is 495 g/mol. The molecule has 2 aliphatic heterocycles. The van der Waals surface area contributed by atoms with Crippen molar-refractivity contribution in [2.45, 2.75) is 37.4 Å². The Morgan fingerprint density at radius 3 is 2.64 bits per heavy atom. The average molecular weight is 521 g/mol. The number of aromatic nitrogens is 5. The molecule has 8 nitrogen and oxygen atoms in total. The molecule has 0 bridgehead atoms. The van der Waals surface area contributed by atoms with E-state index in [1.165, 1.54) is 0 Å². The lowest BCUT2D eigenvalue weighted by Gasteiger charge is -2.53. The number of fused-ring (bicyclic) bond motifs is 1. The van der Waals surface area contributed by atoms with Gasteiger partial charge in [0.05, 0.1) is 24.4 Å².